The zero-order chi connectivity index (χ0) is 27.0. The number of carbonyl (C=O) groups excluding carboxylic acids is 1. The van der Waals surface area contributed by atoms with Crippen LogP contribution in [0.4, 0.5) is 4.79 Å². The Hall–Kier alpha value is -4.45. The second-order valence-electron chi connectivity index (χ2n) is 11.2. The van der Waals surface area contributed by atoms with E-state index in [2.05, 4.69) is 81.6 Å². The van der Waals surface area contributed by atoms with Crippen LogP contribution in [0.1, 0.15) is 45.6 Å². The van der Waals surface area contributed by atoms with Crippen molar-refractivity contribution in [2.75, 3.05) is 0 Å². The first kappa shape index (κ1) is 24.9. The van der Waals surface area contributed by atoms with Crippen LogP contribution in [0.5, 0.6) is 0 Å². The molecule has 196 valence electrons. The number of benzene rings is 2. The summed E-state index contributed by atoms with van der Waals surface area (Å²) >= 11 is 0. The molecule has 1 amide bonds. The summed E-state index contributed by atoms with van der Waals surface area (Å²) in [4.78, 5) is 21.8. The van der Waals surface area contributed by atoms with Crippen molar-refractivity contribution < 1.29 is 9.53 Å². The Morgan fingerprint density at radius 1 is 0.846 bits per heavy atom. The molecule has 5 aromatic rings. The average molecular weight is 517 g/mol. The van der Waals surface area contributed by atoms with E-state index in [1.807, 2.05) is 51.4 Å². The van der Waals surface area contributed by atoms with Crippen LogP contribution in [0.3, 0.4) is 0 Å². The summed E-state index contributed by atoms with van der Waals surface area (Å²) in [6.07, 6.45) is 8.26. The second-order valence-corrected chi connectivity index (χ2v) is 11.2. The maximum absolute atomic E-state index is 12.6. The van der Waals surface area contributed by atoms with E-state index in [1.54, 1.807) is 0 Å². The van der Waals surface area contributed by atoms with Gasteiger partial charge in [-0.3, -0.25) is 9.38 Å². The third kappa shape index (κ3) is 4.90. The highest BCUT2D eigenvalue weighted by molar-refractivity contribution is 5.83. The maximum atomic E-state index is 12.6. The molecule has 6 rings (SSSR count). The van der Waals surface area contributed by atoms with E-state index < -0.39 is 5.60 Å². The minimum absolute atomic E-state index is 0.372. The first-order chi connectivity index (χ1) is 18.8. The monoisotopic (exact) mass is 516 g/mol. The molecule has 6 nitrogen and oxygen atoms in total. The summed E-state index contributed by atoms with van der Waals surface area (Å²) in [5.74, 6) is 0. The molecule has 0 unspecified atom stereocenters. The van der Waals surface area contributed by atoms with Crippen LogP contribution >= 0.6 is 0 Å². The number of pyridine rings is 2. The smallest absolute Gasteiger partial charge is 0.408 e. The number of nitrogens with one attached hydrogen (secondary N) is 1. The zero-order valence-corrected chi connectivity index (χ0v) is 22.5. The van der Waals surface area contributed by atoms with E-state index in [-0.39, 0.29) is 11.6 Å². The second kappa shape index (κ2) is 9.70. The number of carbonyl (C=O) groups is 1. The number of imidazole rings is 1. The molecule has 1 N–H and O–H groups in total. The molecule has 6 heteroatoms. The molecule has 1 aliphatic rings. The number of hydrogen-bond acceptors (Lipinski definition) is 4. The van der Waals surface area contributed by atoms with Crippen molar-refractivity contribution in [1.29, 1.82) is 0 Å². The lowest BCUT2D eigenvalue weighted by Gasteiger charge is -2.43. The third-order valence-corrected chi connectivity index (χ3v) is 7.34. The van der Waals surface area contributed by atoms with Gasteiger partial charge >= 0.3 is 6.09 Å². The summed E-state index contributed by atoms with van der Waals surface area (Å²) in [5, 5.41) is 3.16. The molecule has 0 atom stereocenters. The van der Waals surface area contributed by atoms with Gasteiger partial charge in [0.25, 0.3) is 0 Å². The number of alkyl carbamates (subject to hydrolysis) is 1. The van der Waals surface area contributed by atoms with Crippen LogP contribution in [0.2, 0.25) is 0 Å². The van der Waals surface area contributed by atoms with Crippen molar-refractivity contribution >= 4 is 11.7 Å². The fraction of sp³-hybridized carbons (Fsp3) is 0.242. The molecule has 0 spiro atoms. The number of hydrogen-bond donors (Lipinski definition) is 1. The quantitative estimate of drug-likeness (QED) is 0.261. The largest absolute Gasteiger partial charge is 0.444 e. The van der Waals surface area contributed by atoms with Crippen molar-refractivity contribution in [3.63, 3.8) is 0 Å². The highest BCUT2D eigenvalue weighted by Gasteiger charge is 2.41. The maximum Gasteiger partial charge on any atom is 0.408 e. The molecular formula is C33H32N4O2. The molecular weight excluding hydrogens is 484 g/mol. The van der Waals surface area contributed by atoms with E-state index in [0.717, 1.165) is 64.1 Å². The predicted molar refractivity (Wildman–Crippen MR) is 154 cm³/mol. The van der Waals surface area contributed by atoms with Gasteiger partial charge < -0.3 is 10.1 Å². The molecule has 3 heterocycles. The SMILES string of the molecule is CC(C)(C)OC(=O)NC1(c2ccc(-c3nc4ccc(-c5ccncc5)cn4c3-c3ccccc3)cc2)CCC1. The van der Waals surface area contributed by atoms with E-state index >= 15 is 0 Å². The van der Waals surface area contributed by atoms with Gasteiger partial charge in [-0.25, -0.2) is 9.78 Å². The first-order valence-corrected chi connectivity index (χ1v) is 13.4. The van der Waals surface area contributed by atoms with Gasteiger partial charge in [0.15, 0.2) is 0 Å². The Bertz CT molecular complexity index is 1610. The number of fused-ring (bicyclic) bond motifs is 1. The highest BCUT2D eigenvalue weighted by atomic mass is 16.6. The Labute approximate surface area is 228 Å². The van der Waals surface area contributed by atoms with Gasteiger partial charge in [0, 0.05) is 29.7 Å². The van der Waals surface area contributed by atoms with E-state index in [4.69, 9.17) is 9.72 Å². The Morgan fingerprint density at radius 3 is 2.18 bits per heavy atom. The predicted octanol–water partition coefficient (Wildman–Crippen LogP) is 7.63. The number of nitrogens with zero attached hydrogens (tertiary/aromatic N) is 3. The normalized spacial score (nSPS) is 14.5. The average Bonchev–Trinajstić information content (AvgIpc) is 3.30. The summed E-state index contributed by atoms with van der Waals surface area (Å²) in [6, 6.07) is 27.0. The molecule has 0 aliphatic heterocycles. The summed E-state index contributed by atoms with van der Waals surface area (Å²) < 4.78 is 7.73. The van der Waals surface area contributed by atoms with Crippen molar-refractivity contribution in [1.82, 2.24) is 19.7 Å². The van der Waals surface area contributed by atoms with Crippen molar-refractivity contribution in [3.05, 3.63) is 103 Å². The molecule has 2 aromatic carbocycles. The minimum atomic E-state index is -0.535. The van der Waals surface area contributed by atoms with Crippen LogP contribution in [-0.2, 0) is 10.3 Å². The van der Waals surface area contributed by atoms with Crippen molar-refractivity contribution in [3.8, 4) is 33.6 Å². The summed E-state index contributed by atoms with van der Waals surface area (Å²) in [7, 11) is 0. The lowest BCUT2D eigenvalue weighted by Crippen LogP contribution is -2.52. The molecule has 0 radical (unpaired) electrons. The van der Waals surface area contributed by atoms with Gasteiger partial charge in [0.1, 0.15) is 11.2 Å². The van der Waals surface area contributed by atoms with Crippen molar-refractivity contribution in [2.45, 2.75) is 51.2 Å². The van der Waals surface area contributed by atoms with E-state index in [0.29, 0.717) is 0 Å². The standard InChI is InChI=1S/C33H32N4O2/c1-32(2,3)39-31(38)36-33(18-7-19-33)27-13-10-24(11-14-27)29-30(25-8-5-4-6-9-25)37-22-26(12-15-28(37)35-29)23-16-20-34-21-17-23/h4-6,8-17,20-22H,7,18-19H2,1-3H3,(H,36,38). The third-order valence-electron chi connectivity index (χ3n) is 7.34. The van der Waals surface area contributed by atoms with Crippen LogP contribution < -0.4 is 5.32 Å². The van der Waals surface area contributed by atoms with Crippen LogP contribution in [-0.4, -0.2) is 26.1 Å². The summed E-state index contributed by atoms with van der Waals surface area (Å²) in [6.45, 7) is 5.65. The highest BCUT2D eigenvalue weighted by Crippen LogP contribution is 2.42. The number of aromatic nitrogens is 3. The van der Waals surface area contributed by atoms with Gasteiger partial charge in [0.05, 0.1) is 16.9 Å². The molecule has 1 saturated carbocycles. The fourth-order valence-electron chi connectivity index (χ4n) is 5.30. The first-order valence-electron chi connectivity index (χ1n) is 13.4. The Kier molecular flexibility index (Phi) is 6.18. The molecule has 3 aromatic heterocycles. The number of ether oxygens (including phenoxy) is 1. The Morgan fingerprint density at radius 2 is 1.54 bits per heavy atom. The molecule has 0 saturated heterocycles. The lowest BCUT2D eigenvalue weighted by atomic mass is 9.71. The summed E-state index contributed by atoms with van der Waals surface area (Å²) in [5.41, 5.74) is 7.34. The van der Waals surface area contributed by atoms with Crippen LogP contribution in [0.15, 0.2) is 97.5 Å². The zero-order valence-electron chi connectivity index (χ0n) is 22.5. The molecule has 1 fully saturated rings. The van der Waals surface area contributed by atoms with E-state index in [9.17, 15) is 4.79 Å². The van der Waals surface area contributed by atoms with Crippen molar-refractivity contribution in [2.24, 2.45) is 0 Å². The van der Waals surface area contributed by atoms with Gasteiger partial charge in [-0.05, 0) is 81.0 Å². The molecule has 1 aliphatic carbocycles. The van der Waals surface area contributed by atoms with Crippen LogP contribution in [0, 0.1) is 0 Å². The number of amides is 1. The number of rotatable bonds is 5. The van der Waals surface area contributed by atoms with Gasteiger partial charge in [-0.2, -0.15) is 0 Å². The van der Waals surface area contributed by atoms with Gasteiger partial charge in [0.2, 0.25) is 0 Å². The van der Waals surface area contributed by atoms with Crippen LogP contribution in [0.25, 0.3) is 39.3 Å². The van der Waals surface area contributed by atoms with Gasteiger partial charge in [-0.1, -0.05) is 54.6 Å². The fourth-order valence-corrected chi connectivity index (χ4v) is 5.30. The lowest BCUT2D eigenvalue weighted by molar-refractivity contribution is 0.0377. The van der Waals surface area contributed by atoms with Gasteiger partial charge in [-0.15, -0.1) is 0 Å². The molecule has 0 bridgehead atoms. The minimum Gasteiger partial charge on any atom is -0.444 e. The Balaban J connectivity index is 1.40. The van der Waals surface area contributed by atoms with E-state index in [1.165, 1.54) is 0 Å². The molecule has 39 heavy (non-hydrogen) atoms. The topological polar surface area (TPSA) is 68.5 Å².